The molecule has 6 nitrogen and oxygen atoms in total. The van der Waals surface area contributed by atoms with Gasteiger partial charge < -0.3 is 13.9 Å². The molecule has 0 radical (unpaired) electrons. The zero-order chi connectivity index (χ0) is 20.1. The minimum absolute atomic E-state index is 0.104. The van der Waals surface area contributed by atoms with E-state index >= 15 is 0 Å². The molecule has 6 heteroatoms. The molecule has 0 spiro atoms. The van der Waals surface area contributed by atoms with Gasteiger partial charge in [-0.3, -0.25) is 14.4 Å². The normalized spacial score (nSPS) is 32.6. The first-order chi connectivity index (χ1) is 12.6. The van der Waals surface area contributed by atoms with Crippen LogP contribution in [0.4, 0.5) is 0 Å². The van der Waals surface area contributed by atoms with E-state index in [0.717, 1.165) is 12.0 Å². The minimum atomic E-state index is -0.676. The Morgan fingerprint density at radius 3 is 2.52 bits per heavy atom. The van der Waals surface area contributed by atoms with Crippen molar-refractivity contribution in [2.24, 2.45) is 23.2 Å². The van der Waals surface area contributed by atoms with E-state index in [1.54, 1.807) is 13.8 Å². The molecule has 1 heterocycles. The molecule has 2 aliphatic rings. The Morgan fingerprint density at radius 2 is 1.93 bits per heavy atom. The molecule has 0 bridgehead atoms. The van der Waals surface area contributed by atoms with Crippen molar-refractivity contribution in [1.29, 1.82) is 0 Å². The van der Waals surface area contributed by atoms with Crippen molar-refractivity contribution in [3.05, 3.63) is 23.2 Å². The molecule has 1 fully saturated rings. The Hall–Kier alpha value is -2.11. The molecule has 0 aliphatic heterocycles. The highest BCUT2D eigenvalue weighted by atomic mass is 16.6. The van der Waals surface area contributed by atoms with Crippen LogP contribution in [-0.2, 0) is 19.1 Å². The Labute approximate surface area is 159 Å². The molecule has 148 valence electrons. The summed E-state index contributed by atoms with van der Waals surface area (Å²) in [5, 5.41) is 0. The van der Waals surface area contributed by atoms with Crippen molar-refractivity contribution < 1.29 is 28.3 Å². The van der Waals surface area contributed by atoms with Crippen molar-refractivity contribution in [2.45, 2.75) is 66.6 Å². The number of carbonyl (C=O) groups excluding carboxylic acids is 3. The smallest absolute Gasteiger partial charge is 0.308 e. The van der Waals surface area contributed by atoms with Crippen LogP contribution in [0.3, 0.4) is 0 Å². The average molecular weight is 376 g/mol. The predicted octanol–water partition coefficient (Wildman–Crippen LogP) is 4.01. The number of esters is 2. The molecule has 5 atom stereocenters. The Kier molecular flexibility index (Phi) is 4.95. The molecule has 1 aromatic heterocycles. The van der Waals surface area contributed by atoms with Crippen LogP contribution >= 0.6 is 0 Å². The molecule has 2 aliphatic carbocycles. The van der Waals surface area contributed by atoms with Gasteiger partial charge in [0.25, 0.3) is 0 Å². The van der Waals surface area contributed by atoms with Crippen LogP contribution in [0.15, 0.2) is 10.7 Å². The summed E-state index contributed by atoms with van der Waals surface area (Å²) in [7, 11) is 0. The quantitative estimate of drug-likeness (QED) is 0.741. The number of carbonyl (C=O) groups is 3. The van der Waals surface area contributed by atoms with Gasteiger partial charge in [-0.1, -0.05) is 27.7 Å². The molecule has 3 rings (SSSR count). The van der Waals surface area contributed by atoms with Crippen molar-refractivity contribution >= 4 is 17.7 Å². The van der Waals surface area contributed by atoms with Gasteiger partial charge in [-0.15, -0.1) is 0 Å². The summed E-state index contributed by atoms with van der Waals surface area (Å²) in [6.07, 6.45) is 1.75. The van der Waals surface area contributed by atoms with E-state index in [-0.39, 0.29) is 29.3 Å². The zero-order valence-electron chi connectivity index (χ0n) is 16.8. The molecule has 27 heavy (non-hydrogen) atoms. The summed E-state index contributed by atoms with van der Waals surface area (Å²) in [5.41, 5.74) is 0.763. The SMILES string of the molecule is CC(=O)OC1c2c(C)coc2C(=O)C2C(OC(=O)C(C)C)CCC(C)C12C. The van der Waals surface area contributed by atoms with Crippen LogP contribution in [0.5, 0.6) is 0 Å². The van der Waals surface area contributed by atoms with Gasteiger partial charge in [0, 0.05) is 17.9 Å². The zero-order valence-corrected chi connectivity index (χ0v) is 16.8. The minimum Gasteiger partial charge on any atom is -0.461 e. The molecular weight excluding hydrogens is 348 g/mol. The van der Waals surface area contributed by atoms with Crippen LogP contribution in [0, 0.1) is 30.1 Å². The van der Waals surface area contributed by atoms with E-state index in [2.05, 4.69) is 6.92 Å². The van der Waals surface area contributed by atoms with E-state index in [1.807, 2.05) is 13.8 Å². The lowest BCUT2D eigenvalue weighted by Gasteiger charge is -2.53. The summed E-state index contributed by atoms with van der Waals surface area (Å²) < 4.78 is 17.1. The molecule has 0 amide bonds. The van der Waals surface area contributed by atoms with E-state index in [0.29, 0.717) is 12.0 Å². The molecular formula is C21H28O6. The number of rotatable bonds is 3. The molecule has 0 aromatic carbocycles. The fraction of sp³-hybridized carbons (Fsp3) is 0.667. The highest BCUT2D eigenvalue weighted by Crippen LogP contribution is 2.60. The maximum Gasteiger partial charge on any atom is 0.308 e. The van der Waals surface area contributed by atoms with E-state index < -0.39 is 29.5 Å². The predicted molar refractivity (Wildman–Crippen MR) is 97.0 cm³/mol. The lowest BCUT2D eigenvalue weighted by molar-refractivity contribution is -0.182. The third-order valence-electron chi connectivity index (χ3n) is 6.37. The Bertz CT molecular complexity index is 776. The van der Waals surface area contributed by atoms with Gasteiger partial charge in [0.05, 0.1) is 18.1 Å². The lowest BCUT2D eigenvalue weighted by atomic mass is 9.53. The van der Waals surface area contributed by atoms with Crippen LogP contribution in [0.1, 0.15) is 75.2 Å². The Morgan fingerprint density at radius 1 is 1.26 bits per heavy atom. The topological polar surface area (TPSA) is 82.8 Å². The van der Waals surface area contributed by atoms with Crippen molar-refractivity contribution in [2.75, 3.05) is 0 Å². The fourth-order valence-corrected chi connectivity index (χ4v) is 4.66. The number of ether oxygens (including phenoxy) is 2. The second-order valence-corrected chi connectivity index (χ2v) is 8.47. The van der Waals surface area contributed by atoms with Gasteiger partial charge in [0.2, 0.25) is 5.78 Å². The van der Waals surface area contributed by atoms with Gasteiger partial charge in [0.1, 0.15) is 12.2 Å². The van der Waals surface area contributed by atoms with E-state index in [4.69, 9.17) is 13.9 Å². The van der Waals surface area contributed by atoms with Crippen LogP contribution in [-0.4, -0.2) is 23.8 Å². The number of ketones is 1. The van der Waals surface area contributed by atoms with Gasteiger partial charge in [0.15, 0.2) is 5.76 Å². The van der Waals surface area contributed by atoms with Crippen molar-refractivity contribution in [1.82, 2.24) is 0 Å². The summed E-state index contributed by atoms with van der Waals surface area (Å²) in [6, 6.07) is 0. The van der Waals surface area contributed by atoms with Crippen LogP contribution in [0.2, 0.25) is 0 Å². The highest BCUT2D eigenvalue weighted by Gasteiger charge is 2.62. The van der Waals surface area contributed by atoms with Crippen molar-refractivity contribution in [3.63, 3.8) is 0 Å². The maximum absolute atomic E-state index is 13.4. The monoisotopic (exact) mass is 376 g/mol. The number of aryl methyl sites for hydroxylation is 1. The number of hydrogen-bond donors (Lipinski definition) is 0. The van der Waals surface area contributed by atoms with Gasteiger partial charge >= 0.3 is 11.9 Å². The molecule has 0 saturated heterocycles. The highest BCUT2D eigenvalue weighted by molar-refractivity contribution is 6.00. The summed E-state index contributed by atoms with van der Waals surface area (Å²) in [6.45, 7) is 10.8. The first kappa shape index (κ1) is 19.6. The summed E-state index contributed by atoms with van der Waals surface area (Å²) in [4.78, 5) is 37.5. The van der Waals surface area contributed by atoms with Crippen molar-refractivity contribution in [3.8, 4) is 0 Å². The van der Waals surface area contributed by atoms with Gasteiger partial charge in [-0.05, 0) is 31.2 Å². The third kappa shape index (κ3) is 2.99. The number of Topliss-reactive ketones (excluding diaryl/α,β-unsaturated/α-hetero) is 1. The van der Waals surface area contributed by atoms with Crippen LogP contribution < -0.4 is 0 Å². The molecule has 1 saturated carbocycles. The largest absolute Gasteiger partial charge is 0.461 e. The molecule has 5 unspecified atom stereocenters. The third-order valence-corrected chi connectivity index (χ3v) is 6.37. The molecule has 1 aromatic rings. The second-order valence-electron chi connectivity index (χ2n) is 8.47. The number of fused-ring (bicyclic) bond motifs is 2. The molecule has 0 N–H and O–H groups in total. The summed E-state index contributed by atoms with van der Waals surface area (Å²) in [5.74, 6) is -1.46. The van der Waals surface area contributed by atoms with Gasteiger partial charge in [-0.25, -0.2) is 0 Å². The maximum atomic E-state index is 13.4. The fourth-order valence-electron chi connectivity index (χ4n) is 4.66. The lowest BCUT2D eigenvalue weighted by Crippen LogP contribution is -2.56. The van der Waals surface area contributed by atoms with E-state index in [9.17, 15) is 14.4 Å². The van der Waals surface area contributed by atoms with E-state index in [1.165, 1.54) is 13.2 Å². The second kappa shape index (κ2) is 6.80. The number of furan rings is 1. The standard InChI is InChI=1S/C21H28O6/c1-10(2)20(24)27-14-8-7-12(4)21(6)16(14)17(23)18-15(11(3)9-25-18)19(21)26-13(5)22/h9-10,12,14,16,19H,7-8H2,1-6H3. The average Bonchev–Trinajstić information content (AvgIpc) is 2.96. The first-order valence-corrected chi connectivity index (χ1v) is 9.58. The Balaban J connectivity index is 2.13. The van der Waals surface area contributed by atoms with Crippen LogP contribution in [0.25, 0.3) is 0 Å². The van der Waals surface area contributed by atoms with Gasteiger partial charge in [-0.2, -0.15) is 0 Å². The summed E-state index contributed by atoms with van der Waals surface area (Å²) >= 11 is 0. The first-order valence-electron chi connectivity index (χ1n) is 9.58. The number of hydrogen-bond acceptors (Lipinski definition) is 6.